The van der Waals surface area contributed by atoms with Gasteiger partial charge in [-0.25, -0.2) is 0 Å². The van der Waals surface area contributed by atoms with Crippen LogP contribution in [-0.4, -0.2) is 38.5 Å². The minimum Gasteiger partial charge on any atom is -0.378 e. The van der Waals surface area contributed by atoms with Crippen LogP contribution in [0.25, 0.3) is 0 Å². The van der Waals surface area contributed by atoms with Gasteiger partial charge in [0.25, 0.3) is 0 Å². The Balaban J connectivity index is 1.70. The Kier molecular flexibility index (Phi) is 5.93. The van der Waals surface area contributed by atoms with Crippen molar-refractivity contribution < 1.29 is 9.47 Å². The highest BCUT2D eigenvalue weighted by molar-refractivity contribution is 4.85. The summed E-state index contributed by atoms with van der Waals surface area (Å²) < 4.78 is 11.5. The second kappa shape index (κ2) is 7.46. The van der Waals surface area contributed by atoms with Gasteiger partial charge in [0.2, 0.25) is 0 Å². The molecule has 1 N–H and O–H groups in total. The molecule has 18 heavy (non-hydrogen) atoms. The average Bonchev–Trinajstić information content (AvgIpc) is 3.05. The van der Waals surface area contributed by atoms with Gasteiger partial charge in [0.05, 0.1) is 12.2 Å². The zero-order chi connectivity index (χ0) is 12.8. The molecule has 0 aromatic carbocycles. The topological polar surface area (TPSA) is 30.5 Å². The fourth-order valence-corrected chi connectivity index (χ4v) is 3.56. The van der Waals surface area contributed by atoms with E-state index < -0.39 is 0 Å². The summed E-state index contributed by atoms with van der Waals surface area (Å²) in [5, 5.41) is 3.51. The predicted molar refractivity (Wildman–Crippen MR) is 73.8 cm³/mol. The number of ether oxygens (including phenoxy) is 2. The van der Waals surface area contributed by atoms with E-state index in [4.69, 9.17) is 9.47 Å². The van der Waals surface area contributed by atoms with Crippen molar-refractivity contribution >= 4 is 0 Å². The molecule has 3 nitrogen and oxygen atoms in total. The number of nitrogens with one attached hydrogen (secondary N) is 1. The highest BCUT2D eigenvalue weighted by Gasteiger charge is 2.32. The molecule has 4 unspecified atom stereocenters. The van der Waals surface area contributed by atoms with Crippen LogP contribution in [0.4, 0.5) is 0 Å². The van der Waals surface area contributed by atoms with Gasteiger partial charge in [0, 0.05) is 25.2 Å². The molecule has 0 amide bonds. The van der Waals surface area contributed by atoms with Crippen molar-refractivity contribution in [2.24, 2.45) is 5.92 Å². The molecule has 2 aliphatic heterocycles. The van der Waals surface area contributed by atoms with Crippen LogP contribution in [0.15, 0.2) is 0 Å². The summed E-state index contributed by atoms with van der Waals surface area (Å²) in [6.07, 6.45) is 9.71. The van der Waals surface area contributed by atoms with E-state index in [9.17, 15) is 0 Å². The van der Waals surface area contributed by atoms with Gasteiger partial charge in [-0.2, -0.15) is 0 Å². The molecule has 0 aliphatic carbocycles. The first-order valence-electron chi connectivity index (χ1n) is 7.75. The molecule has 0 aromatic rings. The maximum atomic E-state index is 5.81. The van der Waals surface area contributed by atoms with Crippen molar-refractivity contribution in [3.05, 3.63) is 0 Å². The van der Waals surface area contributed by atoms with Crippen molar-refractivity contribution in [1.29, 1.82) is 0 Å². The second-order valence-corrected chi connectivity index (χ2v) is 5.73. The van der Waals surface area contributed by atoms with Crippen LogP contribution in [0.1, 0.15) is 51.9 Å². The van der Waals surface area contributed by atoms with E-state index >= 15 is 0 Å². The van der Waals surface area contributed by atoms with E-state index in [0.29, 0.717) is 24.2 Å². The van der Waals surface area contributed by atoms with Gasteiger partial charge in [0.15, 0.2) is 0 Å². The fraction of sp³-hybridized carbons (Fsp3) is 1.00. The van der Waals surface area contributed by atoms with Crippen LogP contribution in [0.3, 0.4) is 0 Å². The Morgan fingerprint density at radius 1 is 1.22 bits per heavy atom. The molecule has 2 aliphatic rings. The molecule has 0 bridgehead atoms. The van der Waals surface area contributed by atoms with Crippen molar-refractivity contribution in [3.63, 3.8) is 0 Å². The summed E-state index contributed by atoms with van der Waals surface area (Å²) >= 11 is 0. The minimum absolute atomic E-state index is 0.477. The third kappa shape index (κ3) is 3.69. The Morgan fingerprint density at radius 2 is 2.11 bits per heavy atom. The lowest BCUT2D eigenvalue weighted by Gasteiger charge is -2.27. The van der Waals surface area contributed by atoms with Gasteiger partial charge in [-0.15, -0.1) is 0 Å². The maximum Gasteiger partial charge on any atom is 0.0616 e. The van der Waals surface area contributed by atoms with E-state index in [1.54, 1.807) is 0 Å². The lowest BCUT2D eigenvalue weighted by Crippen LogP contribution is -2.37. The summed E-state index contributed by atoms with van der Waals surface area (Å²) in [5.74, 6) is 0.712. The number of hydrogen-bond acceptors (Lipinski definition) is 3. The SMILES string of the molecule is CCC1OCCC1C(CCCC1CCCO1)NC. The quantitative estimate of drug-likeness (QED) is 0.759. The van der Waals surface area contributed by atoms with Gasteiger partial charge >= 0.3 is 0 Å². The molecule has 0 aromatic heterocycles. The minimum atomic E-state index is 0.477. The molecular weight excluding hydrogens is 226 g/mol. The first-order valence-corrected chi connectivity index (χ1v) is 7.75. The molecular formula is C15H29NO2. The molecule has 0 saturated carbocycles. The van der Waals surface area contributed by atoms with Gasteiger partial charge in [-0.05, 0) is 52.0 Å². The first kappa shape index (κ1) is 14.3. The molecule has 2 rings (SSSR count). The van der Waals surface area contributed by atoms with E-state index in [1.807, 2.05) is 0 Å². The fourth-order valence-electron chi connectivity index (χ4n) is 3.56. The summed E-state index contributed by atoms with van der Waals surface area (Å²) in [6, 6.07) is 0.624. The van der Waals surface area contributed by atoms with Crippen LogP contribution in [0.2, 0.25) is 0 Å². The lowest BCUT2D eigenvalue weighted by atomic mass is 9.88. The molecule has 2 heterocycles. The van der Waals surface area contributed by atoms with Gasteiger partial charge in [-0.1, -0.05) is 6.92 Å². The van der Waals surface area contributed by atoms with E-state index in [1.165, 1.54) is 38.5 Å². The number of rotatable bonds is 7. The molecule has 0 radical (unpaired) electrons. The lowest BCUT2D eigenvalue weighted by molar-refractivity contribution is 0.0748. The van der Waals surface area contributed by atoms with Crippen LogP contribution < -0.4 is 5.32 Å². The maximum absolute atomic E-state index is 5.81. The molecule has 4 atom stereocenters. The van der Waals surface area contributed by atoms with Crippen LogP contribution in [0.5, 0.6) is 0 Å². The highest BCUT2D eigenvalue weighted by atomic mass is 16.5. The van der Waals surface area contributed by atoms with Crippen molar-refractivity contribution in [1.82, 2.24) is 5.32 Å². The standard InChI is InChI=1S/C15H29NO2/c1-3-15-13(9-11-18-15)14(16-2)8-4-6-12-7-5-10-17-12/h12-16H,3-11H2,1-2H3. The smallest absolute Gasteiger partial charge is 0.0616 e. The zero-order valence-electron chi connectivity index (χ0n) is 12.0. The van der Waals surface area contributed by atoms with Crippen LogP contribution in [0, 0.1) is 5.92 Å². The Hall–Kier alpha value is -0.120. The molecule has 3 heteroatoms. The van der Waals surface area contributed by atoms with Crippen molar-refractivity contribution in [2.45, 2.75) is 70.1 Å². The third-order valence-corrected chi connectivity index (χ3v) is 4.62. The largest absolute Gasteiger partial charge is 0.378 e. The monoisotopic (exact) mass is 255 g/mol. The third-order valence-electron chi connectivity index (χ3n) is 4.62. The summed E-state index contributed by atoms with van der Waals surface area (Å²) in [5.41, 5.74) is 0. The summed E-state index contributed by atoms with van der Waals surface area (Å²) in [4.78, 5) is 0. The second-order valence-electron chi connectivity index (χ2n) is 5.73. The molecule has 106 valence electrons. The molecule has 0 spiro atoms. The van der Waals surface area contributed by atoms with Gasteiger partial charge in [-0.3, -0.25) is 0 Å². The first-order chi connectivity index (χ1) is 8.85. The highest BCUT2D eigenvalue weighted by Crippen LogP contribution is 2.29. The average molecular weight is 255 g/mol. The number of hydrogen-bond donors (Lipinski definition) is 1. The van der Waals surface area contributed by atoms with Gasteiger partial charge in [0.1, 0.15) is 0 Å². The zero-order valence-corrected chi connectivity index (χ0v) is 12.0. The Bertz CT molecular complexity index is 229. The normalized spacial score (nSPS) is 34.0. The van der Waals surface area contributed by atoms with Gasteiger partial charge < -0.3 is 14.8 Å². The Morgan fingerprint density at radius 3 is 2.78 bits per heavy atom. The van der Waals surface area contributed by atoms with Crippen LogP contribution in [-0.2, 0) is 9.47 Å². The van der Waals surface area contributed by atoms with Crippen molar-refractivity contribution in [3.8, 4) is 0 Å². The molecule has 2 saturated heterocycles. The van der Waals surface area contributed by atoms with Crippen molar-refractivity contribution in [2.75, 3.05) is 20.3 Å². The molecule has 2 fully saturated rings. The van der Waals surface area contributed by atoms with E-state index in [-0.39, 0.29) is 0 Å². The predicted octanol–water partition coefficient (Wildman–Crippen LogP) is 2.74. The Labute approximate surface area is 112 Å². The van der Waals surface area contributed by atoms with E-state index in [0.717, 1.165) is 19.6 Å². The summed E-state index contributed by atoms with van der Waals surface area (Å²) in [6.45, 7) is 4.17. The van der Waals surface area contributed by atoms with E-state index in [2.05, 4.69) is 19.3 Å². The van der Waals surface area contributed by atoms with Crippen LogP contribution >= 0.6 is 0 Å². The summed E-state index contributed by atoms with van der Waals surface area (Å²) in [7, 11) is 2.10.